The summed E-state index contributed by atoms with van der Waals surface area (Å²) in [6.07, 6.45) is -0.260. The Morgan fingerprint density at radius 3 is 2.37 bits per heavy atom. The highest BCUT2D eigenvalue weighted by Gasteiger charge is 2.22. The first-order chi connectivity index (χ1) is 20.6. The summed E-state index contributed by atoms with van der Waals surface area (Å²) >= 11 is 0. The molecule has 0 saturated heterocycles. The van der Waals surface area contributed by atoms with Crippen LogP contribution >= 0.6 is 0 Å². The van der Waals surface area contributed by atoms with E-state index in [0.29, 0.717) is 34.2 Å². The number of amides is 4. The molecule has 0 bridgehead atoms. The zero-order valence-corrected chi connectivity index (χ0v) is 24.2. The lowest BCUT2D eigenvalue weighted by Gasteiger charge is -2.25. The van der Waals surface area contributed by atoms with E-state index in [4.69, 9.17) is 14.2 Å². The molecule has 0 unspecified atom stereocenters. The van der Waals surface area contributed by atoms with Crippen LogP contribution in [0.5, 0.6) is 17.2 Å². The molecule has 0 saturated carbocycles. The molecule has 3 aromatic carbocycles. The molecule has 1 aliphatic heterocycles. The molecule has 0 aliphatic carbocycles. The average Bonchev–Trinajstić information content (AvgIpc) is 3.45. The zero-order chi connectivity index (χ0) is 30.9. The number of aryl methyl sites for hydroxylation is 1. The van der Waals surface area contributed by atoms with Crippen molar-refractivity contribution >= 4 is 35.2 Å². The Hall–Kier alpha value is -5.26. The van der Waals surface area contributed by atoms with Gasteiger partial charge in [0.15, 0.2) is 11.5 Å². The van der Waals surface area contributed by atoms with Gasteiger partial charge in [-0.2, -0.15) is 0 Å². The predicted octanol–water partition coefficient (Wildman–Crippen LogP) is 3.88. The Morgan fingerprint density at radius 2 is 1.63 bits per heavy atom. The summed E-state index contributed by atoms with van der Waals surface area (Å²) in [7, 11) is 2.97. The van der Waals surface area contributed by atoms with E-state index in [9.17, 15) is 24.3 Å². The molecular weight excluding hydrogens is 556 g/mol. The number of likely N-dealkylation sites (N-methyl/N-ethyl adjacent to an activating group) is 1. The lowest BCUT2D eigenvalue weighted by Crippen LogP contribution is -2.42. The van der Waals surface area contributed by atoms with Gasteiger partial charge in [-0.3, -0.25) is 14.4 Å². The van der Waals surface area contributed by atoms with Gasteiger partial charge >= 0.3 is 12.0 Å². The largest absolute Gasteiger partial charge is 0.495 e. The molecule has 3 aromatic rings. The highest BCUT2D eigenvalue weighted by Crippen LogP contribution is 2.33. The minimum Gasteiger partial charge on any atom is -0.495 e. The van der Waals surface area contributed by atoms with E-state index in [1.54, 1.807) is 42.5 Å². The number of methoxy groups -OCH3 is 1. The first-order valence-electron chi connectivity index (χ1n) is 13.6. The number of nitrogens with one attached hydrogen (secondary N) is 2. The molecular formula is C31H34N4O8. The van der Waals surface area contributed by atoms with Gasteiger partial charge in [-0.25, -0.2) is 4.79 Å². The van der Waals surface area contributed by atoms with Gasteiger partial charge in [0.2, 0.25) is 18.6 Å². The quantitative estimate of drug-likeness (QED) is 0.288. The van der Waals surface area contributed by atoms with Crippen molar-refractivity contribution in [2.45, 2.75) is 26.3 Å². The first-order valence-corrected chi connectivity index (χ1v) is 13.6. The van der Waals surface area contributed by atoms with Crippen LogP contribution in [-0.4, -0.2) is 72.8 Å². The minimum atomic E-state index is -1.03. The molecule has 4 amide bonds. The highest BCUT2D eigenvalue weighted by molar-refractivity contribution is 6.01. The fourth-order valence-corrected chi connectivity index (χ4v) is 4.42. The fraction of sp³-hybridized carbons (Fsp3) is 0.290. The molecule has 3 N–H and O–H groups in total. The van der Waals surface area contributed by atoms with Gasteiger partial charge in [-0.1, -0.05) is 30.3 Å². The maximum Gasteiger partial charge on any atom is 0.323 e. The molecule has 1 aliphatic rings. The molecule has 12 nitrogen and oxygen atoms in total. The number of hydrogen-bond donors (Lipinski definition) is 3. The van der Waals surface area contributed by atoms with Crippen molar-refractivity contribution in [2.75, 3.05) is 44.7 Å². The average molecular weight is 591 g/mol. The predicted molar refractivity (Wildman–Crippen MR) is 158 cm³/mol. The maximum absolute atomic E-state index is 13.2. The number of carboxylic acid groups (broad SMARTS) is 1. The van der Waals surface area contributed by atoms with Gasteiger partial charge in [0, 0.05) is 25.8 Å². The lowest BCUT2D eigenvalue weighted by atomic mass is 10.1. The van der Waals surface area contributed by atoms with Crippen molar-refractivity contribution in [1.82, 2.24) is 9.80 Å². The number of hydrogen-bond acceptors (Lipinski definition) is 7. The Kier molecular flexibility index (Phi) is 10.0. The number of carboxylic acids is 1. The summed E-state index contributed by atoms with van der Waals surface area (Å²) in [6.45, 7) is 1.89. The summed E-state index contributed by atoms with van der Waals surface area (Å²) in [4.78, 5) is 52.7. The molecule has 0 fully saturated rings. The van der Waals surface area contributed by atoms with E-state index in [0.717, 1.165) is 11.1 Å². The van der Waals surface area contributed by atoms with Crippen molar-refractivity contribution in [3.63, 3.8) is 0 Å². The monoisotopic (exact) mass is 590 g/mol. The van der Waals surface area contributed by atoms with Gasteiger partial charge in [-0.05, 0) is 53.9 Å². The van der Waals surface area contributed by atoms with Crippen LogP contribution in [0.3, 0.4) is 0 Å². The highest BCUT2D eigenvalue weighted by atomic mass is 16.7. The Labute approximate surface area is 249 Å². The van der Waals surface area contributed by atoms with Crippen molar-refractivity contribution in [2.24, 2.45) is 0 Å². The molecule has 226 valence electrons. The van der Waals surface area contributed by atoms with Crippen LogP contribution in [0.25, 0.3) is 0 Å². The number of aliphatic carboxylic acids is 1. The van der Waals surface area contributed by atoms with Crippen molar-refractivity contribution in [3.8, 4) is 17.2 Å². The first kappa shape index (κ1) is 30.7. The molecule has 12 heteroatoms. The second kappa shape index (κ2) is 14.1. The van der Waals surface area contributed by atoms with Gasteiger partial charge < -0.3 is 39.8 Å². The summed E-state index contributed by atoms with van der Waals surface area (Å²) < 4.78 is 16.2. The number of urea groups is 1. The van der Waals surface area contributed by atoms with Gasteiger partial charge in [-0.15, -0.1) is 0 Å². The second-order valence-electron chi connectivity index (χ2n) is 10.0. The summed E-state index contributed by atoms with van der Waals surface area (Å²) in [6, 6.07) is 17.2. The summed E-state index contributed by atoms with van der Waals surface area (Å²) in [5.74, 6) is -0.233. The molecule has 0 spiro atoms. The lowest BCUT2D eigenvalue weighted by molar-refractivity contribution is -0.141. The van der Waals surface area contributed by atoms with E-state index in [1.807, 2.05) is 25.1 Å². The third kappa shape index (κ3) is 8.38. The van der Waals surface area contributed by atoms with E-state index < -0.39 is 17.9 Å². The number of carbonyl (C=O) groups excluding carboxylic acids is 3. The number of carbonyl (C=O) groups is 4. The van der Waals surface area contributed by atoms with Crippen LogP contribution in [0.4, 0.5) is 16.2 Å². The Morgan fingerprint density at radius 1 is 0.907 bits per heavy atom. The van der Waals surface area contributed by atoms with Crippen molar-refractivity contribution in [3.05, 3.63) is 77.4 Å². The van der Waals surface area contributed by atoms with E-state index >= 15 is 0 Å². The number of fused-ring (bicyclic) bond motifs is 1. The second-order valence-corrected chi connectivity index (χ2v) is 10.0. The van der Waals surface area contributed by atoms with Crippen molar-refractivity contribution < 1.29 is 38.5 Å². The SMILES string of the molecule is COc1cc(CC(=O)N(C)CC(=O)N(CCC(=O)O)Cc2ccc3c(c2)OCO3)ccc1NC(=O)Nc1ccccc1C. The number of para-hydroxylation sites is 1. The van der Waals surface area contributed by atoms with Crippen LogP contribution in [0.1, 0.15) is 23.1 Å². The Bertz CT molecular complexity index is 1510. The number of anilines is 2. The Balaban J connectivity index is 1.36. The van der Waals surface area contributed by atoms with Crippen molar-refractivity contribution in [1.29, 1.82) is 0 Å². The third-order valence-corrected chi connectivity index (χ3v) is 6.82. The van der Waals surface area contributed by atoms with E-state index in [1.165, 1.54) is 24.0 Å². The molecule has 0 atom stereocenters. The summed E-state index contributed by atoms with van der Waals surface area (Å²) in [5.41, 5.74) is 3.38. The smallest absolute Gasteiger partial charge is 0.323 e. The molecule has 0 aromatic heterocycles. The van der Waals surface area contributed by atoms with Crippen LogP contribution < -0.4 is 24.8 Å². The van der Waals surface area contributed by atoms with Gasteiger partial charge in [0.1, 0.15) is 5.75 Å². The van der Waals surface area contributed by atoms with Crippen LogP contribution in [0, 0.1) is 6.92 Å². The minimum absolute atomic E-state index is 0.0201. The summed E-state index contributed by atoms with van der Waals surface area (Å²) in [5, 5.41) is 14.7. The normalized spacial score (nSPS) is 11.4. The van der Waals surface area contributed by atoms with Crippen LogP contribution in [-0.2, 0) is 27.3 Å². The fourth-order valence-electron chi connectivity index (χ4n) is 4.42. The third-order valence-electron chi connectivity index (χ3n) is 6.82. The molecule has 4 rings (SSSR count). The van der Waals surface area contributed by atoms with Crippen LogP contribution in [0.15, 0.2) is 60.7 Å². The topological polar surface area (TPSA) is 147 Å². The van der Waals surface area contributed by atoms with Crippen LogP contribution in [0.2, 0.25) is 0 Å². The standard InChI is InChI=1S/C31H34N4O8/c1-20-6-4-5-7-23(20)32-31(40)33-24-10-8-21(14-26(24)41-3)16-28(36)34(2)18-29(37)35(13-12-30(38)39)17-22-9-11-25-27(15-22)43-19-42-25/h4-11,14-15H,12-13,16-19H2,1-3H3,(H,38,39)(H2,32,33,40). The number of ether oxygens (including phenoxy) is 3. The van der Waals surface area contributed by atoms with E-state index in [-0.39, 0.29) is 45.2 Å². The number of rotatable bonds is 12. The molecule has 1 heterocycles. The number of nitrogens with zero attached hydrogens (tertiary/aromatic N) is 2. The number of benzene rings is 3. The molecule has 43 heavy (non-hydrogen) atoms. The maximum atomic E-state index is 13.2. The molecule has 0 radical (unpaired) electrons. The van der Waals surface area contributed by atoms with E-state index in [2.05, 4.69) is 10.6 Å². The van der Waals surface area contributed by atoms with Gasteiger partial charge in [0.05, 0.1) is 32.2 Å². The van der Waals surface area contributed by atoms with Gasteiger partial charge in [0.25, 0.3) is 0 Å². The zero-order valence-electron chi connectivity index (χ0n) is 24.2.